The zero-order valence-electron chi connectivity index (χ0n) is 11.1. The fraction of sp³-hybridized carbons (Fsp3) is 0.571. The van der Waals surface area contributed by atoms with Gasteiger partial charge in [-0.05, 0) is 44.0 Å². The molecule has 0 aliphatic carbocycles. The van der Waals surface area contributed by atoms with Gasteiger partial charge in [-0.2, -0.15) is 0 Å². The molecular formula is C14H20ClFN2O. The van der Waals surface area contributed by atoms with E-state index in [9.17, 15) is 4.39 Å². The lowest BCUT2D eigenvalue weighted by Crippen LogP contribution is -2.31. The van der Waals surface area contributed by atoms with Crippen LogP contribution >= 0.6 is 11.6 Å². The van der Waals surface area contributed by atoms with Crippen molar-refractivity contribution < 1.29 is 9.13 Å². The molecule has 1 aliphatic heterocycles. The van der Waals surface area contributed by atoms with Crippen molar-refractivity contribution in [1.29, 1.82) is 0 Å². The van der Waals surface area contributed by atoms with Crippen molar-refractivity contribution in [2.45, 2.75) is 19.4 Å². The maximum Gasteiger partial charge on any atom is 0.138 e. The van der Waals surface area contributed by atoms with Gasteiger partial charge in [0.15, 0.2) is 0 Å². The minimum absolute atomic E-state index is 0.248. The third-order valence-corrected chi connectivity index (χ3v) is 3.91. The Labute approximate surface area is 118 Å². The Morgan fingerprint density at radius 1 is 1.58 bits per heavy atom. The number of likely N-dealkylation sites (tertiary alicyclic amines) is 1. The second-order valence-corrected chi connectivity index (χ2v) is 5.54. The highest BCUT2D eigenvalue weighted by molar-refractivity contribution is 6.32. The van der Waals surface area contributed by atoms with Gasteiger partial charge in [-0.3, -0.25) is 4.90 Å². The topological polar surface area (TPSA) is 38.5 Å². The molecule has 0 radical (unpaired) electrons. The molecule has 2 unspecified atom stereocenters. The predicted molar refractivity (Wildman–Crippen MR) is 75.1 cm³/mol. The molecule has 2 atom stereocenters. The highest BCUT2D eigenvalue weighted by Crippen LogP contribution is 2.25. The Morgan fingerprint density at radius 3 is 3.00 bits per heavy atom. The first-order chi connectivity index (χ1) is 9.06. The average molecular weight is 287 g/mol. The van der Waals surface area contributed by atoms with Crippen LogP contribution in [0.25, 0.3) is 0 Å². The largest absolute Gasteiger partial charge is 0.491 e. The smallest absolute Gasteiger partial charge is 0.138 e. The van der Waals surface area contributed by atoms with E-state index in [4.69, 9.17) is 22.1 Å². The van der Waals surface area contributed by atoms with Crippen molar-refractivity contribution in [3.8, 4) is 5.75 Å². The summed E-state index contributed by atoms with van der Waals surface area (Å²) in [6.45, 7) is 5.54. The molecule has 0 spiro atoms. The Bertz CT molecular complexity index is 428. The maximum atomic E-state index is 12.9. The van der Waals surface area contributed by atoms with E-state index in [1.807, 2.05) is 0 Å². The van der Waals surface area contributed by atoms with Crippen LogP contribution in [0.2, 0.25) is 5.02 Å². The molecule has 0 bridgehead atoms. The lowest BCUT2D eigenvalue weighted by atomic mass is 10.0. The van der Waals surface area contributed by atoms with E-state index >= 15 is 0 Å². The highest BCUT2D eigenvalue weighted by Gasteiger charge is 2.24. The number of ether oxygens (including phenoxy) is 1. The lowest BCUT2D eigenvalue weighted by molar-refractivity contribution is 0.230. The van der Waals surface area contributed by atoms with E-state index in [2.05, 4.69) is 11.8 Å². The van der Waals surface area contributed by atoms with E-state index in [1.54, 1.807) is 6.07 Å². The molecule has 1 aliphatic rings. The first kappa shape index (κ1) is 14.6. The summed E-state index contributed by atoms with van der Waals surface area (Å²) >= 11 is 5.89. The third kappa shape index (κ3) is 4.06. The van der Waals surface area contributed by atoms with Gasteiger partial charge in [0.1, 0.15) is 18.2 Å². The van der Waals surface area contributed by atoms with Crippen LogP contribution in [0.3, 0.4) is 0 Å². The van der Waals surface area contributed by atoms with Crippen LogP contribution in [-0.2, 0) is 0 Å². The van der Waals surface area contributed by atoms with Gasteiger partial charge in [-0.1, -0.05) is 11.6 Å². The lowest BCUT2D eigenvalue weighted by Gasteiger charge is -2.18. The fourth-order valence-electron chi connectivity index (χ4n) is 2.37. The fourth-order valence-corrected chi connectivity index (χ4v) is 2.59. The van der Waals surface area contributed by atoms with Gasteiger partial charge in [-0.25, -0.2) is 4.39 Å². The summed E-state index contributed by atoms with van der Waals surface area (Å²) in [5.74, 6) is 0.761. The molecule has 1 heterocycles. The molecule has 19 heavy (non-hydrogen) atoms. The van der Waals surface area contributed by atoms with Crippen molar-refractivity contribution in [2.24, 2.45) is 11.7 Å². The molecule has 5 heteroatoms. The highest BCUT2D eigenvalue weighted by atomic mass is 35.5. The van der Waals surface area contributed by atoms with Crippen LogP contribution < -0.4 is 10.5 Å². The summed E-state index contributed by atoms with van der Waals surface area (Å²) in [6, 6.07) is 4.42. The van der Waals surface area contributed by atoms with E-state index in [1.165, 1.54) is 12.1 Å². The Kier molecular flexibility index (Phi) is 5.02. The number of nitrogens with two attached hydrogens (primary N) is 1. The van der Waals surface area contributed by atoms with Gasteiger partial charge in [-0.15, -0.1) is 0 Å². The molecule has 2 N–H and O–H groups in total. The number of rotatable bonds is 5. The molecule has 1 aromatic carbocycles. The van der Waals surface area contributed by atoms with Crippen molar-refractivity contribution >= 4 is 11.6 Å². The predicted octanol–water partition coefficient (Wildman–Crippen LogP) is 2.53. The minimum atomic E-state index is -0.350. The summed E-state index contributed by atoms with van der Waals surface area (Å²) < 4.78 is 18.5. The van der Waals surface area contributed by atoms with Crippen molar-refractivity contribution in [3.05, 3.63) is 29.0 Å². The van der Waals surface area contributed by atoms with Crippen LogP contribution in [0.4, 0.5) is 4.39 Å². The standard InChI is InChI=1S/C14H20ClFN2O/c1-10(17)11-4-5-18(9-11)6-7-19-14-3-2-12(16)8-13(14)15/h2-3,8,10-11H,4-7,9,17H2,1H3. The van der Waals surface area contributed by atoms with E-state index in [0.29, 0.717) is 23.3 Å². The van der Waals surface area contributed by atoms with E-state index in [0.717, 1.165) is 26.1 Å². The molecule has 2 rings (SSSR count). The van der Waals surface area contributed by atoms with E-state index in [-0.39, 0.29) is 11.9 Å². The van der Waals surface area contributed by atoms with E-state index < -0.39 is 0 Å². The van der Waals surface area contributed by atoms with Gasteiger partial charge < -0.3 is 10.5 Å². The number of benzene rings is 1. The Balaban J connectivity index is 1.75. The van der Waals surface area contributed by atoms with Gasteiger partial charge in [0.05, 0.1) is 5.02 Å². The summed E-state index contributed by atoms with van der Waals surface area (Å²) in [4.78, 5) is 2.34. The molecule has 0 amide bonds. The Hall–Kier alpha value is -0.840. The van der Waals surface area contributed by atoms with Crippen LogP contribution in [0.15, 0.2) is 18.2 Å². The zero-order valence-corrected chi connectivity index (χ0v) is 11.9. The van der Waals surface area contributed by atoms with Crippen LogP contribution in [0.5, 0.6) is 5.75 Å². The summed E-state index contributed by atoms with van der Waals surface area (Å²) in [5, 5.41) is 0.315. The SMILES string of the molecule is CC(N)C1CCN(CCOc2ccc(F)cc2Cl)C1. The zero-order chi connectivity index (χ0) is 13.8. The van der Waals surface area contributed by atoms with Gasteiger partial charge in [0.25, 0.3) is 0 Å². The molecule has 106 valence electrons. The van der Waals surface area contributed by atoms with Crippen molar-refractivity contribution in [3.63, 3.8) is 0 Å². The first-order valence-electron chi connectivity index (χ1n) is 6.62. The second kappa shape index (κ2) is 6.55. The molecule has 1 saturated heterocycles. The number of hydrogen-bond donors (Lipinski definition) is 1. The van der Waals surface area contributed by atoms with Crippen LogP contribution in [-0.4, -0.2) is 37.2 Å². The van der Waals surface area contributed by atoms with Gasteiger partial charge in [0.2, 0.25) is 0 Å². The molecular weight excluding hydrogens is 267 g/mol. The van der Waals surface area contributed by atoms with Crippen LogP contribution in [0.1, 0.15) is 13.3 Å². The molecule has 0 aromatic heterocycles. The monoisotopic (exact) mass is 286 g/mol. The first-order valence-corrected chi connectivity index (χ1v) is 7.00. The third-order valence-electron chi connectivity index (χ3n) is 3.61. The van der Waals surface area contributed by atoms with Crippen molar-refractivity contribution in [2.75, 3.05) is 26.2 Å². The van der Waals surface area contributed by atoms with Crippen molar-refractivity contribution in [1.82, 2.24) is 4.90 Å². The number of hydrogen-bond acceptors (Lipinski definition) is 3. The molecule has 1 fully saturated rings. The van der Waals surface area contributed by atoms with Gasteiger partial charge >= 0.3 is 0 Å². The summed E-state index contributed by atoms with van der Waals surface area (Å²) in [7, 11) is 0. The second-order valence-electron chi connectivity index (χ2n) is 5.13. The number of nitrogens with zero attached hydrogens (tertiary/aromatic N) is 1. The molecule has 0 saturated carbocycles. The quantitative estimate of drug-likeness (QED) is 0.904. The number of halogens is 2. The molecule has 3 nitrogen and oxygen atoms in total. The molecule has 1 aromatic rings. The van der Waals surface area contributed by atoms with Crippen LogP contribution in [0, 0.1) is 11.7 Å². The summed E-state index contributed by atoms with van der Waals surface area (Å²) in [5.41, 5.74) is 5.90. The average Bonchev–Trinajstić information content (AvgIpc) is 2.81. The minimum Gasteiger partial charge on any atom is -0.491 e. The summed E-state index contributed by atoms with van der Waals surface area (Å²) in [6.07, 6.45) is 1.15. The van der Waals surface area contributed by atoms with Gasteiger partial charge in [0, 0.05) is 19.1 Å². The maximum absolute atomic E-state index is 12.9. The normalized spacial score (nSPS) is 21.6. The Morgan fingerprint density at radius 2 is 2.37 bits per heavy atom.